The first-order valence-electron chi connectivity index (χ1n) is 34.1. The van der Waals surface area contributed by atoms with E-state index in [1.165, 1.54) is 212 Å². The number of hydrogen-bond donors (Lipinski definition) is 3. The van der Waals surface area contributed by atoms with Crippen LogP contribution in [0.25, 0.3) is 0 Å². The van der Waals surface area contributed by atoms with Crippen molar-refractivity contribution in [1.82, 2.24) is 5.32 Å². The minimum absolute atomic E-state index is 0.0503. The van der Waals surface area contributed by atoms with Gasteiger partial charge in [0.1, 0.15) is 0 Å². The molecule has 450 valence electrons. The molecule has 0 aromatic heterocycles. The normalized spacial score (nSPS) is 13.4. The molecular weight excluding hydrogens is 951 g/mol. The number of carbonyl (C=O) groups is 1. The molecule has 1 amide bonds. The van der Waals surface area contributed by atoms with Crippen molar-refractivity contribution in [3.63, 3.8) is 0 Å². The quantitative estimate of drug-likeness (QED) is 0.0420. The third kappa shape index (κ3) is 63.9. The Morgan fingerprint density at radius 1 is 0.321 bits per heavy atom. The molecule has 0 aromatic carbocycles. The summed E-state index contributed by atoms with van der Waals surface area (Å²) < 4.78 is 0. The highest BCUT2D eigenvalue weighted by Gasteiger charge is 2.20. The summed E-state index contributed by atoms with van der Waals surface area (Å²) in [5.41, 5.74) is 0. The summed E-state index contributed by atoms with van der Waals surface area (Å²) in [6, 6.07) is -0.557. The Morgan fingerprint density at radius 2 is 0.564 bits per heavy atom. The van der Waals surface area contributed by atoms with E-state index in [2.05, 4.69) is 129 Å². The van der Waals surface area contributed by atoms with Crippen LogP contribution in [0.2, 0.25) is 0 Å². The van der Waals surface area contributed by atoms with Gasteiger partial charge in [0.2, 0.25) is 5.91 Å². The number of nitrogens with one attached hydrogen (secondary N) is 1. The molecule has 0 aliphatic heterocycles. The summed E-state index contributed by atoms with van der Waals surface area (Å²) in [6.45, 7) is 4.26. The van der Waals surface area contributed by atoms with Crippen LogP contribution < -0.4 is 5.32 Å². The monoisotopic (exact) mass is 1080 g/mol. The molecular formula is C74H131NO3. The summed E-state index contributed by atoms with van der Waals surface area (Å²) in [6.07, 6.45) is 103. The van der Waals surface area contributed by atoms with Gasteiger partial charge in [-0.05, 0) is 83.5 Å². The largest absolute Gasteiger partial charge is 0.394 e. The van der Waals surface area contributed by atoms with Crippen molar-refractivity contribution in [2.24, 2.45) is 0 Å². The lowest BCUT2D eigenvalue weighted by molar-refractivity contribution is -0.123. The predicted octanol–water partition coefficient (Wildman–Crippen LogP) is 23.4. The van der Waals surface area contributed by atoms with Crippen molar-refractivity contribution in [1.29, 1.82) is 0 Å². The number of carbonyl (C=O) groups excluding carboxylic acids is 1. The Morgan fingerprint density at radius 3 is 0.846 bits per heavy atom. The van der Waals surface area contributed by atoms with Crippen LogP contribution in [0.15, 0.2) is 109 Å². The number of hydrogen-bond acceptors (Lipinski definition) is 3. The van der Waals surface area contributed by atoms with Crippen molar-refractivity contribution in [2.45, 2.75) is 347 Å². The van der Waals surface area contributed by atoms with Gasteiger partial charge in [-0.2, -0.15) is 0 Å². The number of aliphatic hydroxyl groups is 2. The van der Waals surface area contributed by atoms with E-state index in [1.54, 1.807) is 0 Å². The minimum Gasteiger partial charge on any atom is -0.394 e. The average Bonchev–Trinajstić information content (AvgIpc) is 3.44. The lowest BCUT2D eigenvalue weighted by Gasteiger charge is -2.22. The molecule has 0 aliphatic carbocycles. The number of aliphatic hydroxyl groups excluding tert-OH is 2. The van der Waals surface area contributed by atoms with E-state index in [4.69, 9.17) is 0 Å². The number of amides is 1. The van der Waals surface area contributed by atoms with Gasteiger partial charge in [-0.1, -0.05) is 354 Å². The molecule has 4 nitrogen and oxygen atoms in total. The first-order chi connectivity index (χ1) is 38.7. The Hall–Kier alpha value is -2.95. The second-order valence-electron chi connectivity index (χ2n) is 22.9. The van der Waals surface area contributed by atoms with Crippen LogP contribution in [-0.4, -0.2) is 34.9 Å². The Labute approximate surface area is 486 Å². The van der Waals surface area contributed by atoms with Crippen molar-refractivity contribution in [2.75, 3.05) is 6.61 Å². The van der Waals surface area contributed by atoms with Crippen LogP contribution in [0.4, 0.5) is 0 Å². The first kappa shape index (κ1) is 75.0. The molecule has 0 rings (SSSR count). The lowest BCUT2D eigenvalue weighted by Crippen LogP contribution is -2.45. The van der Waals surface area contributed by atoms with E-state index >= 15 is 0 Å². The Bertz CT molecular complexity index is 1460. The van der Waals surface area contributed by atoms with E-state index in [-0.39, 0.29) is 12.5 Å². The molecule has 3 N–H and O–H groups in total. The van der Waals surface area contributed by atoms with Gasteiger partial charge in [-0.3, -0.25) is 4.79 Å². The summed E-state index contributed by atoms with van der Waals surface area (Å²) in [5.74, 6) is -0.0503. The van der Waals surface area contributed by atoms with Crippen molar-refractivity contribution in [3.05, 3.63) is 109 Å². The van der Waals surface area contributed by atoms with Gasteiger partial charge in [-0.25, -0.2) is 0 Å². The van der Waals surface area contributed by atoms with Crippen LogP contribution in [-0.2, 0) is 4.79 Å². The highest BCUT2D eigenvalue weighted by atomic mass is 16.3. The molecule has 2 unspecified atom stereocenters. The predicted molar refractivity (Wildman–Crippen MR) is 349 cm³/mol. The summed E-state index contributed by atoms with van der Waals surface area (Å²) in [7, 11) is 0. The Kier molecular flexibility index (Phi) is 65.7. The van der Waals surface area contributed by atoms with Gasteiger partial charge in [0.25, 0.3) is 0 Å². The summed E-state index contributed by atoms with van der Waals surface area (Å²) >= 11 is 0. The number of rotatable bonds is 62. The van der Waals surface area contributed by atoms with Crippen LogP contribution in [0.5, 0.6) is 0 Å². The fraction of sp³-hybridized carbons (Fsp3) is 0.743. The Balaban J connectivity index is 3.53. The van der Waals surface area contributed by atoms with E-state index in [0.717, 1.165) is 96.3 Å². The minimum atomic E-state index is -0.678. The summed E-state index contributed by atoms with van der Waals surface area (Å²) in [4.78, 5) is 12.5. The second-order valence-corrected chi connectivity index (χ2v) is 22.9. The molecule has 0 saturated carbocycles. The maximum atomic E-state index is 12.5. The van der Waals surface area contributed by atoms with E-state index < -0.39 is 12.1 Å². The van der Waals surface area contributed by atoms with Gasteiger partial charge >= 0.3 is 0 Å². The average molecular weight is 1080 g/mol. The van der Waals surface area contributed by atoms with Crippen LogP contribution in [0, 0.1) is 0 Å². The van der Waals surface area contributed by atoms with Gasteiger partial charge in [-0.15, -0.1) is 0 Å². The lowest BCUT2D eigenvalue weighted by atomic mass is 10.0. The van der Waals surface area contributed by atoms with Gasteiger partial charge in [0.15, 0.2) is 0 Å². The van der Waals surface area contributed by atoms with Gasteiger partial charge in [0.05, 0.1) is 18.8 Å². The fourth-order valence-corrected chi connectivity index (χ4v) is 10.2. The van der Waals surface area contributed by atoms with Crippen molar-refractivity contribution in [3.8, 4) is 0 Å². The molecule has 0 saturated heterocycles. The third-order valence-corrected chi connectivity index (χ3v) is 15.3. The number of unbranched alkanes of at least 4 members (excludes halogenated alkanes) is 37. The highest BCUT2D eigenvalue weighted by molar-refractivity contribution is 5.76. The molecule has 0 heterocycles. The second kappa shape index (κ2) is 68.3. The molecule has 0 radical (unpaired) electrons. The molecule has 4 heteroatoms. The molecule has 0 fully saturated rings. The van der Waals surface area contributed by atoms with Crippen molar-refractivity contribution < 1.29 is 15.0 Å². The van der Waals surface area contributed by atoms with E-state index in [9.17, 15) is 15.0 Å². The maximum Gasteiger partial charge on any atom is 0.220 e. The molecule has 0 spiro atoms. The first-order valence-corrected chi connectivity index (χ1v) is 34.1. The highest BCUT2D eigenvalue weighted by Crippen LogP contribution is 2.18. The zero-order chi connectivity index (χ0) is 56.2. The standard InChI is InChI=1S/C74H131NO3/c1-3-5-7-9-11-13-15-17-19-21-23-25-27-29-31-33-35-37-39-41-43-45-47-49-51-53-55-57-59-61-63-65-67-69-73(77)72(71-76)75-74(78)70-68-66-64-62-60-58-56-54-52-50-48-46-44-42-40-38-36-34-32-30-28-26-24-22-20-18-16-14-12-10-8-6-4-2/h6,8,12,14,18,20,24,26,30,32,36,38,42,44,48,50,54,56,72-73,76-77H,3-5,7,9-11,13,15-17,19,21-23,25,27-29,31,33-35,37,39-41,43,45-47,49,51-53,55,57-71H2,1-2H3,(H,75,78)/b8-6-,14-12-,20-18-,26-24-,32-30-,38-36-,44-42-,50-48-,56-54-. The molecule has 0 aromatic rings. The van der Waals surface area contributed by atoms with Crippen molar-refractivity contribution >= 4 is 5.91 Å². The topological polar surface area (TPSA) is 69.6 Å². The molecule has 0 bridgehead atoms. The van der Waals surface area contributed by atoms with Gasteiger partial charge in [0, 0.05) is 6.42 Å². The smallest absolute Gasteiger partial charge is 0.220 e. The molecule has 2 atom stereocenters. The SMILES string of the molecule is CC/C=C\C/C=C\C/C=C\C/C=C\C/C=C\C/C=C\C/C=C\C/C=C\C/C=C\CCCCCCCC(=O)NC(CO)C(O)CCCCCCCCCCCCCCCCCCCCCCCCCCCCCCCCCCC. The zero-order valence-corrected chi connectivity index (χ0v) is 51.9. The summed E-state index contributed by atoms with van der Waals surface area (Å²) in [5, 5.41) is 23.4. The molecule has 0 aliphatic rings. The maximum absolute atomic E-state index is 12.5. The van der Waals surface area contributed by atoms with Gasteiger partial charge < -0.3 is 15.5 Å². The van der Waals surface area contributed by atoms with Crippen LogP contribution >= 0.6 is 0 Å². The molecule has 78 heavy (non-hydrogen) atoms. The fourth-order valence-electron chi connectivity index (χ4n) is 10.2. The van der Waals surface area contributed by atoms with E-state index in [0.29, 0.717) is 12.8 Å². The third-order valence-electron chi connectivity index (χ3n) is 15.3. The van der Waals surface area contributed by atoms with Crippen LogP contribution in [0.3, 0.4) is 0 Å². The van der Waals surface area contributed by atoms with E-state index in [1.807, 2.05) is 0 Å². The van der Waals surface area contributed by atoms with Crippen LogP contribution in [0.1, 0.15) is 335 Å². The zero-order valence-electron chi connectivity index (χ0n) is 51.9. The number of allylic oxidation sites excluding steroid dienone is 18.